The number of benzene rings is 5. The van der Waals surface area contributed by atoms with Gasteiger partial charge in [0, 0.05) is 32.1 Å². The summed E-state index contributed by atoms with van der Waals surface area (Å²) in [6.07, 6.45) is 11.9. The van der Waals surface area contributed by atoms with Crippen LogP contribution in [0.5, 0.6) is 0 Å². The van der Waals surface area contributed by atoms with E-state index in [1.54, 1.807) is 11.1 Å². The molecule has 1 aliphatic heterocycles. The maximum atomic E-state index is 2.68. The average molecular weight is 782 g/mol. The zero-order valence-corrected chi connectivity index (χ0v) is 37.2. The fourth-order valence-electron chi connectivity index (χ4n) is 13.9. The highest BCUT2D eigenvalue weighted by molar-refractivity contribution is 7.99. The molecule has 1 spiro atoms. The van der Waals surface area contributed by atoms with Gasteiger partial charge < -0.3 is 4.90 Å². The Kier molecular flexibility index (Phi) is 8.12. The minimum atomic E-state index is 0.0837. The first kappa shape index (κ1) is 37.3. The zero-order chi connectivity index (χ0) is 40.0. The summed E-state index contributed by atoms with van der Waals surface area (Å²) >= 11 is 2.06. The van der Waals surface area contributed by atoms with Crippen LogP contribution in [0.3, 0.4) is 0 Å². The molecule has 0 unspecified atom stereocenters. The Morgan fingerprint density at radius 3 is 1.50 bits per heavy atom. The molecule has 0 aromatic heterocycles. The number of anilines is 3. The van der Waals surface area contributed by atoms with E-state index in [1.807, 2.05) is 0 Å². The molecule has 12 rings (SSSR count). The summed E-state index contributed by atoms with van der Waals surface area (Å²) in [4.78, 5) is 5.67. The van der Waals surface area contributed by atoms with E-state index >= 15 is 0 Å². The molecule has 58 heavy (non-hydrogen) atoms. The summed E-state index contributed by atoms with van der Waals surface area (Å²) in [6, 6.07) is 41.5. The van der Waals surface area contributed by atoms with Crippen molar-refractivity contribution in [2.24, 2.45) is 23.7 Å². The molecule has 298 valence electrons. The first-order valence-electron chi connectivity index (χ1n) is 22.8. The van der Waals surface area contributed by atoms with Gasteiger partial charge in [0.1, 0.15) is 0 Å². The molecule has 5 aromatic rings. The van der Waals surface area contributed by atoms with Crippen LogP contribution in [0.25, 0.3) is 11.1 Å². The van der Waals surface area contributed by atoms with Crippen LogP contribution in [0.2, 0.25) is 0 Å². The van der Waals surface area contributed by atoms with Gasteiger partial charge in [0.2, 0.25) is 0 Å². The van der Waals surface area contributed by atoms with Crippen molar-refractivity contribution in [1.82, 2.24) is 0 Å². The third kappa shape index (κ3) is 5.34. The van der Waals surface area contributed by atoms with Gasteiger partial charge in [0.05, 0.1) is 5.69 Å². The van der Waals surface area contributed by atoms with Crippen molar-refractivity contribution in [2.75, 3.05) is 4.90 Å². The molecule has 0 N–H and O–H groups in total. The van der Waals surface area contributed by atoms with Crippen molar-refractivity contribution >= 4 is 28.8 Å². The van der Waals surface area contributed by atoms with Crippen molar-refractivity contribution in [1.29, 1.82) is 0 Å². The Labute approximate surface area is 353 Å². The predicted molar refractivity (Wildman–Crippen MR) is 246 cm³/mol. The second kappa shape index (κ2) is 12.6. The Morgan fingerprint density at radius 2 is 0.948 bits per heavy atom. The summed E-state index contributed by atoms with van der Waals surface area (Å²) in [5.74, 6) is 3.26. The highest BCUT2D eigenvalue weighted by Crippen LogP contribution is 2.70. The fraction of sp³-hybridized carbons (Fsp3) is 0.464. The van der Waals surface area contributed by atoms with Crippen LogP contribution < -0.4 is 4.90 Å². The number of hydrogen-bond acceptors (Lipinski definition) is 2. The quantitative estimate of drug-likeness (QED) is 0.179. The van der Waals surface area contributed by atoms with Gasteiger partial charge in [-0.15, -0.1) is 0 Å². The lowest BCUT2D eigenvalue weighted by atomic mass is 9.42. The van der Waals surface area contributed by atoms with Crippen molar-refractivity contribution < 1.29 is 0 Å². The Hall–Kier alpha value is -3.75. The van der Waals surface area contributed by atoms with E-state index in [9.17, 15) is 0 Å². The predicted octanol–water partition coefficient (Wildman–Crippen LogP) is 15.7. The summed E-state index contributed by atoms with van der Waals surface area (Å²) in [5, 5.41) is 0. The lowest BCUT2D eigenvalue weighted by Gasteiger charge is -2.63. The van der Waals surface area contributed by atoms with E-state index < -0.39 is 0 Å². The van der Waals surface area contributed by atoms with Gasteiger partial charge in [-0.2, -0.15) is 0 Å². The molecular weight excluding hydrogens is 719 g/mol. The maximum Gasteiger partial charge on any atom is 0.0551 e. The number of hydrogen-bond donors (Lipinski definition) is 0. The molecule has 4 fully saturated rings. The molecule has 1 heterocycles. The third-order valence-corrected chi connectivity index (χ3v) is 18.2. The topological polar surface area (TPSA) is 3.24 Å². The van der Waals surface area contributed by atoms with E-state index in [1.165, 1.54) is 118 Å². The first-order chi connectivity index (χ1) is 27.7. The van der Waals surface area contributed by atoms with Crippen LogP contribution >= 0.6 is 11.8 Å². The molecule has 6 aliphatic carbocycles. The molecule has 0 atom stereocenters. The number of fused-ring (bicyclic) bond motifs is 4. The maximum absolute atomic E-state index is 2.68. The molecule has 0 amide bonds. The standard InChI is InChI=1S/C56H63NS/c1-52(2)24-26-54(5,6)46-33-40(18-20-42(46)52)57(41-19-21-43-47(34-41)55(7,8)27-25-53(43,3)4)48-23-22-45-51(50(48)37-14-10-9-11-15-37)58-49-17-13-12-16-44(49)56(45)38-29-35-28-36(31-38)32-39(56)30-35/h9-23,33-36,38-39H,24-32H2,1-8H3. The number of rotatable bonds is 4. The Morgan fingerprint density at radius 1 is 0.466 bits per heavy atom. The van der Waals surface area contributed by atoms with Gasteiger partial charge in [0.15, 0.2) is 0 Å². The zero-order valence-electron chi connectivity index (χ0n) is 36.3. The normalized spacial score (nSPS) is 28.6. The van der Waals surface area contributed by atoms with Crippen molar-refractivity contribution in [3.8, 4) is 11.1 Å². The lowest BCUT2D eigenvalue weighted by molar-refractivity contribution is -0.0443. The van der Waals surface area contributed by atoms with Gasteiger partial charge in [-0.05, 0) is 178 Å². The summed E-state index contributed by atoms with van der Waals surface area (Å²) in [5.41, 5.74) is 16.5. The minimum Gasteiger partial charge on any atom is -0.310 e. The summed E-state index contributed by atoms with van der Waals surface area (Å²) < 4.78 is 0. The van der Waals surface area contributed by atoms with Crippen LogP contribution in [0.4, 0.5) is 17.1 Å². The molecule has 0 radical (unpaired) electrons. The van der Waals surface area contributed by atoms with Crippen molar-refractivity contribution in [3.63, 3.8) is 0 Å². The fourth-order valence-corrected chi connectivity index (χ4v) is 15.3. The van der Waals surface area contributed by atoms with Gasteiger partial charge in [-0.25, -0.2) is 0 Å². The largest absolute Gasteiger partial charge is 0.310 e. The molecule has 7 aliphatic rings. The minimum absolute atomic E-state index is 0.0837. The first-order valence-corrected chi connectivity index (χ1v) is 23.6. The van der Waals surface area contributed by atoms with E-state index in [0.717, 1.165) is 11.8 Å². The molecule has 2 heteroatoms. The smallest absolute Gasteiger partial charge is 0.0551 e. The molecule has 4 saturated carbocycles. The monoisotopic (exact) mass is 781 g/mol. The van der Waals surface area contributed by atoms with Crippen LogP contribution in [-0.2, 0) is 27.1 Å². The molecular formula is C56H63NS. The van der Waals surface area contributed by atoms with Crippen LogP contribution in [0.15, 0.2) is 113 Å². The van der Waals surface area contributed by atoms with Gasteiger partial charge in [0.25, 0.3) is 0 Å². The van der Waals surface area contributed by atoms with Gasteiger partial charge in [-0.1, -0.05) is 134 Å². The van der Waals surface area contributed by atoms with Crippen LogP contribution in [0, 0.1) is 23.7 Å². The van der Waals surface area contributed by atoms with E-state index in [-0.39, 0.29) is 27.1 Å². The summed E-state index contributed by atoms with van der Waals surface area (Å²) in [6.45, 7) is 19.7. The van der Waals surface area contributed by atoms with Gasteiger partial charge >= 0.3 is 0 Å². The van der Waals surface area contributed by atoms with Gasteiger partial charge in [-0.3, -0.25) is 0 Å². The second-order valence-electron chi connectivity index (χ2n) is 22.3. The SMILES string of the molecule is CC1(C)CCC(C)(C)c2cc(N(c3ccc4c(c3)C(C)(C)CCC4(C)C)c3ccc4c(c3-c3ccccc3)Sc3ccccc3C43C4CC5CC(C4)CC3C5)ccc21. The van der Waals surface area contributed by atoms with E-state index in [2.05, 4.69) is 175 Å². The Bertz CT molecular complexity index is 2350. The molecule has 1 nitrogen and oxygen atoms in total. The third-order valence-electron chi connectivity index (χ3n) is 17.0. The van der Waals surface area contributed by atoms with Crippen molar-refractivity contribution in [2.45, 2.75) is 150 Å². The summed E-state index contributed by atoms with van der Waals surface area (Å²) in [7, 11) is 0. The highest BCUT2D eigenvalue weighted by Gasteiger charge is 2.61. The van der Waals surface area contributed by atoms with Crippen LogP contribution in [0.1, 0.15) is 147 Å². The van der Waals surface area contributed by atoms with Crippen LogP contribution in [-0.4, -0.2) is 0 Å². The molecule has 5 aromatic carbocycles. The van der Waals surface area contributed by atoms with E-state index in [4.69, 9.17) is 0 Å². The lowest BCUT2D eigenvalue weighted by Crippen LogP contribution is -2.57. The molecule has 0 saturated heterocycles. The molecule has 4 bridgehead atoms. The van der Waals surface area contributed by atoms with E-state index in [0.29, 0.717) is 11.8 Å². The number of nitrogens with zero attached hydrogens (tertiary/aromatic N) is 1. The Balaban J connectivity index is 1.20. The average Bonchev–Trinajstić information content (AvgIpc) is 3.20. The van der Waals surface area contributed by atoms with Crippen molar-refractivity contribution in [3.05, 3.63) is 137 Å². The highest BCUT2D eigenvalue weighted by atomic mass is 32.2. The second-order valence-corrected chi connectivity index (χ2v) is 23.4.